The van der Waals surface area contributed by atoms with Crippen LogP contribution in [0.2, 0.25) is 5.02 Å². The fraction of sp³-hybridized carbons (Fsp3) is 0.125. The molecule has 2 nitrogen and oxygen atoms in total. The molecule has 5 heteroatoms. The van der Waals surface area contributed by atoms with Gasteiger partial charge in [-0.25, -0.2) is 8.78 Å². The Labute approximate surface area is 78.5 Å². The molecule has 0 heterocycles. The van der Waals surface area contributed by atoms with Crippen LogP contribution in [0.5, 0.6) is 0 Å². The normalized spacial score (nSPS) is 12.2. The van der Waals surface area contributed by atoms with E-state index in [1.807, 2.05) is 0 Å². The second kappa shape index (κ2) is 3.69. The van der Waals surface area contributed by atoms with Gasteiger partial charge in [-0.05, 0) is 12.1 Å². The third kappa shape index (κ3) is 1.77. The van der Waals surface area contributed by atoms with Crippen LogP contribution in [0, 0.1) is 23.0 Å². The van der Waals surface area contributed by atoms with Gasteiger partial charge in [0.1, 0.15) is 17.7 Å². The van der Waals surface area contributed by atoms with E-state index < -0.39 is 22.7 Å². The summed E-state index contributed by atoms with van der Waals surface area (Å²) in [4.78, 5) is 0. The average Bonchev–Trinajstić information content (AvgIpc) is 2.12. The predicted octanol–water partition coefficient (Wildman–Crippen LogP) is 2.14. The van der Waals surface area contributed by atoms with Gasteiger partial charge >= 0.3 is 0 Å². The quantitative estimate of drug-likeness (QED) is 0.710. The predicted molar refractivity (Wildman–Crippen MR) is 43.9 cm³/mol. The van der Waals surface area contributed by atoms with Gasteiger partial charge in [-0.1, -0.05) is 11.6 Å². The van der Waals surface area contributed by atoms with Gasteiger partial charge in [0.2, 0.25) is 0 Å². The molecule has 1 aromatic rings. The van der Waals surface area contributed by atoms with Crippen molar-refractivity contribution in [2.45, 2.75) is 6.04 Å². The SMILES string of the molecule is N#CC(N)c1c(F)ccc(F)c1Cl. The molecule has 0 spiro atoms. The molecular weight excluding hydrogens is 198 g/mol. The highest BCUT2D eigenvalue weighted by Gasteiger charge is 2.17. The summed E-state index contributed by atoms with van der Waals surface area (Å²) < 4.78 is 25.8. The van der Waals surface area contributed by atoms with E-state index in [2.05, 4.69) is 0 Å². The number of benzene rings is 1. The maximum atomic E-state index is 13.0. The summed E-state index contributed by atoms with van der Waals surface area (Å²) in [6.07, 6.45) is 0. The molecule has 0 radical (unpaired) electrons. The van der Waals surface area contributed by atoms with E-state index in [0.29, 0.717) is 0 Å². The van der Waals surface area contributed by atoms with Gasteiger partial charge in [-0.15, -0.1) is 0 Å². The van der Waals surface area contributed by atoms with Crippen LogP contribution in [0.15, 0.2) is 12.1 Å². The van der Waals surface area contributed by atoms with Gasteiger partial charge in [0.15, 0.2) is 0 Å². The third-order valence-corrected chi connectivity index (χ3v) is 1.91. The second-order valence-electron chi connectivity index (χ2n) is 2.36. The molecule has 0 fully saturated rings. The molecule has 0 aromatic heterocycles. The van der Waals surface area contributed by atoms with Crippen molar-refractivity contribution in [2.75, 3.05) is 0 Å². The molecule has 0 bridgehead atoms. The van der Waals surface area contributed by atoms with Gasteiger partial charge in [-0.2, -0.15) is 5.26 Å². The Morgan fingerprint density at radius 2 is 1.92 bits per heavy atom. The third-order valence-electron chi connectivity index (χ3n) is 1.53. The summed E-state index contributed by atoms with van der Waals surface area (Å²) in [5, 5.41) is 7.97. The first kappa shape index (κ1) is 9.90. The van der Waals surface area contributed by atoms with Crippen molar-refractivity contribution in [1.29, 1.82) is 5.26 Å². The first-order valence-corrected chi connectivity index (χ1v) is 3.74. The van der Waals surface area contributed by atoms with Crippen molar-refractivity contribution < 1.29 is 8.78 Å². The van der Waals surface area contributed by atoms with Crippen molar-refractivity contribution in [1.82, 2.24) is 0 Å². The highest BCUT2D eigenvalue weighted by atomic mass is 35.5. The number of halogens is 3. The van der Waals surface area contributed by atoms with Gasteiger partial charge in [-0.3, -0.25) is 0 Å². The van der Waals surface area contributed by atoms with E-state index in [1.54, 1.807) is 6.07 Å². The number of nitrogens with zero attached hydrogens (tertiary/aromatic N) is 1. The maximum absolute atomic E-state index is 13.0. The molecule has 0 saturated carbocycles. The smallest absolute Gasteiger partial charge is 0.142 e. The summed E-state index contributed by atoms with van der Waals surface area (Å²) in [6.45, 7) is 0. The zero-order valence-corrected chi connectivity index (χ0v) is 7.15. The van der Waals surface area contributed by atoms with Crippen molar-refractivity contribution >= 4 is 11.6 Å². The summed E-state index contributed by atoms with van der Waals surface area (Å²) in [5.74, 6) is -1.57. The lowest BCUT2D eigenvalue weighted by molar-refractivity contribution is 0.580. The molecule has 1 aromatic carbocycles. The summed E-state index contributed by atoms with van der Waals surface area (Å²) in [6, 6.07) is 2.09. The second-order valence-corrected chi connectivity index (χ2v) is 2.74. The molecule has 0 aliphatic rings. The summed E-state index contributed by atoms with van der Waals surface area (Å²) in [5.41, 5.74) is 4.91. The number of hydrogen-bond donors (Lipinski definition) is 1. The van der Waals surface area contributed by atoms with Crippen molar-refractivity contribution in [3.8, 4) is 6.07 Å². The average molecular weight is 203 g/mol. The molecule has 1 rings (SSSR count). The number of nitriles is 1. The van der Waals surface area contributed by atoms with E-state index in [1.165, 1.54) is 0 Å². The molecule has 0 aliphatic heterocycles. The molecule has 68 valence electrons. The van der Waals surface area contributed by atoms with Crippen LogP contribution >= 0.6 is 11.6 Å². The minimum atomic E-state index is -1.25. The largest absolute Gasteiger partial charge is 0.312 e. The van der Waals surface area contributed by atoms with Crippen molar-refractivity contribution in [2.24, 2.45) is 5.73 Å². The van der Waals surface area contributed by atoms with Crippen LogP contribution in [-0.4, -0.2) is 0 Å². The maximum Gasteiger partial charge on any atom is 0.142 e. The van der Waals surface area contributed by atoms with Crippen molar-refractivity contribution in [3.05, 3.63) is 34.4 Å². The van der Waals surface area contributed by atoms with Crippen LogP contribution in [0.25, 0.3) is 0 Å². The van der Waals surface area contributed by atoms with Crippen LogP contribution in [-0.2, 0) is 0 Å². The highest BCUT2D eigenvalue weighted by Crippen LogP contribution is 2.26. The Balaban J connectivity index is 3.35. The minimum Gasteiger partial charge on any atom is -0.312 e. The lowest BCUT2D eigenvalue weighted by Gasteiger charge is -2.07. The Hall–Kier alpha value is -1.18. The van der Waals surface area contributed by atoms with Gasteiger partial charge in [0.25, 0.3) is 0 Å². The number of rotatable bonds is 1. The Kier molecular flexibility index (Phi) is 2.81. The highest BCUT2D eigenvalue weighted by molar-refractivity contribution is 6.31. The molecule has 2 N–H and O–H groups in total. The Bertz CT molecular complexity index is 373. The van der Waals surface area contributed by atoms with Crippen molar-refractivity contribution in [3.63, 3.8) is 0 Å². The molecule has 1 unspecified atom stereocenters. The van der Waals surface area contributed by atoms with E-state index in [-0.39, 0.29) is 5.56 Å². The van der Waals surface area contributed by atoms with E-state index in [4.69, 9.17) is 22.6 Å². The monoisotopic (exact) mass is 202 g/mol. The topological polar surface area (TPSA) is 49.8 Å². The van der Waals surface area contributed by atoms with Gasteiger partial charge in [0.05, 0.1) is 11.1 Å². The number of nitrogens with two attached hydrogens (primary N) is 1. The molecule has 13 heavy (non-hydrogen) atoms. The summed E-state index contributed by atoms with van der Waals surface area (Å²) >= 11 is 5.43. The van der Waals surface area contributed by atoms with E-state index in [0.717, 1.165) is 12.1 Å². The minimum absolute atomic E-state index is 0.302. The van der Waals surface area contributed by atoms with Crippen LogP contribution in [0.4, 0.5) is 8.78 Å². The number of hydrogen-bond acceptors (Lipinski definition) is 2. The lowest BCUT2D eigenvalue weighted by Crippen LogP contribution is -2.11. The lowest BCUT2D eigenvalue weighted by atomic mass is 10.1. The zero-order chi connectivity index (χ0) is 10.0. The van der Waals surface area contributed by atoms with Crippen LogP contribution < -0.4 is 5.73 Å². The fourth-order valence-electron chi connectivity index (χ4n) is 0.892. The van der Waals surface area contributed by atoms with E-state index >= 15 is 0 Å². The standard InChI is InChI=1S/C8H5ClF2N2/c9-8-5(11)2-1-4(10)7(8)6(13)3-12/h1-2,6H,13H2. The fourth-order valence-corrected chi connectivity index (χ4v) is 1.16. The molecule has 0 amide bonds. The first-order valence-electron chi connectivity index (χ1n) is 3.36. The zero-order valence-electron chi connectivity index (χ0n) is 6.39. The molecule has 0 saturated heterocycles. The van der Waals surface area contributed by atoms with E-state index in [9.17, 15) is 8.78 Å². The van der Waals surface area contributed by atoms with Crippen LogP contribution in [0.1, 0.15) is 11.6 Å². The Morgan fingerprint density at radius 1 is 1.38 bits per heavy atom. The molecule has 0 aliphatic carbocycles. The molecular formula is C8H5ClF2N2. The van der Waals surface area contributed by atoms with Gasteiger partial charge < -0.3 is 5.73 Å². The first-order chi connectivity index (χ1) is 6.07. The summed E-state index contributed by atoms with van der Waals surface area (Å²) in [7, 11) is 0. The van der Waals surface area contributed by atoms with Crippen LogP contribution in [0.3, 0.4) is 0 Å². The Morgan fingerprint density at radius 3 is 2.46 bits per heavy atom. The van der Waals surface area contributed by atoms with Gasteiger partial charge in [0, 0.05) is 5.56 Å². The molecule has 1 atom stereocenters.